The first kappa shape index (κ1) is 20.1. The van der Waals surface area contributed by atoms with E-state index in [2.05, 4.69) is 19.0 Å². The minimum absolute atomic E-state index is 0.0371. The summed E-state index contributed by atoms with van der Waals surface area (Å²) >= 11 is 0. The van der Waals surface area contributed by atoms with Crippen molar-refractivity contribution in [1.82, 2.24) is 0 Å². The molecule has 0 heterocycles. The maximum absolute atomic E-state index is 13.3. The first-order valence-electron chi connectivity index (χ1n) is 11.1. The van der Waals surface area contributed by atoms with Crippen LogP contribution in [0.1, 0.15) is 79.1 Å². The number of Topliss-reactive ketones (excluding diaryl/α,β-unsaturated/α-hetero) is 2. The molecule has 4 saturated carbocycles. The summed E-state index contributed by atoms with van der Waals surface area (Å²) in [6.07, 6.45) is 7.05. The van der Waals surface area contributed by atoms with E-state index in [1.165, 1.54) is 0 Å². The summed E-state index contributed by atoms with van der Waals surface area (Å²) in [7, 11) is 0. The number of nitrogens with zero attached hydrogens (tertiary/aromatic N) is 1. The van der Waals surface area contributed by atoms with Crippen LogP contribution in [0.25, 0.3) is 0 Å². The Kier molecular flexibility index (Phi) is 4.76. The lowest BCUT2D eigenvalue weighted by Crippen LogP contribution is -2.56. The van der Waals surface area contributed by atoms with E-state index >= 15 is 0 Å². The van der Waals surface area contributed by atoms with E-state index < -0.39 is 5.60 Å². The van der Waals surface area contributed by atoms with Crippen molar-refractivity contribution in [2.75, 3.05) is 6.54 Å². The molecule has 0 bridgehead atoms. The van der Waals surface area contributed by atoms with Crippen molar-refractivity contribution in [3.05, 3.63) is 0 Å². The fraction of sp³-hybridized carbons (Fsp3) is 0.870. The molecular formula is C23H36N2O3. The highest BCUT2D eigenvalue weighted by molar-refractivity contribution is 5.93. The van der Waals surface area contributed by atoms with E-state index in [1.54, 1.807) is 0 Å². The Bertz CT molecular complexity index is 715. The second kappa shape index (κ2) is 6.65. The highest BCUT2D eigenvalue weighted by atomic mass is 16.6. The van der Waals surface area contributed by atoms with E-state index in [0.29, 0.717) is 48.7 Å². The molecule has 0 aromatic heterocycles. The molecule has 6 atom stereocenters. The topological polar surface area (TPSA) is 81.8 Å². The highest BCUT2D eigenvalue weighted by Crippen LogP contribution is 2.64. The van der Waals surface area contributed by atoms with Gasteiger partial charge in [0.25, 0.3) is 0 Å². The van der Waals surface area contributed by atoms with Crippen molar-refractivity contribution in [2.24, 2.45) is 45.4 Å². The fourth-order valence-electron chi connectivity index (χ4n) is 6.93. The predicted octanol–water partition coefficient (Wildman–Crippen LogP) is 3.89. The molecule has 4 aliphatic carbocycles. The van der Waals surface area contributed by atoms with Gasteiger partial charge in [-0.3, -0.25) is 9.59 Å². The number of oxime groups is 1. The summed E-state index contributed by atoms with van der Waals surface area (Å²) in [5.41, 5.74) is 6.13. The Morgan fingerprint density at radius 1 is 1.11 bits per heavy atom. The van der Waals surface area contributed by atoms with Gasteiger partial charge in [-0.25, -0.2) is 0 Å². The molecule has 0 amide bonds. The Balaban J connectivity index is 1.55. The minimum Gasteiger partial charge on any atom is -0.389 e. The number of ketones is 2. The zero-order chi connectivity index (χ0) is 20.3. The third kappa shape index (κ3) is 2.96. The van der Waals surface area contributed by atoms with Gasteiger partial charge in [0.05, 0.1) is 5.71 Å². The molecule has 0 radical (unpaired) electrons. The van der Waals surface area contributed by atoms with Crippen LogP contribution in [0, 0.1) is 34.5 Å². The first-order valence-corrected chi connectivity index (χ1v) is 11.1. The summed E-state index contributed by atoms with van der Waals surface area (Å²) in [5, 5.41) is 4.40. The largest absolute Gasteiger partial charge is 0.389 e. The van der Waals surface area contributed by atoms with Crippen molar-refractivity contribution in [3.8, 4) is 0 Å². The fourth-order valence-corrected chi connectivity index (χ4v) is 6.93. The van der Waals surface area contributed by atoms with Gasteiger partial charge in [0, 0.05) is 30.7 Å². The molecule has 2 N–H and O–H groups in total. The van der Waals surface area contributed by atoms with Crippen LogP contribution in [-0.2, 0) is 14.4 Å². The van der Waals surface area contributed by atoms with E-state index in [4.69, 9.17) is 10.6 Å². The average molecular weight is 389 g/mol. The zero-order valence-electron chi connectivity index (χ0n) is 17.9. The van der Waals surface area contributed by atoms with Crippen molar-refractivity contribution < 1.29 is 14.4 Å². The van der Waals surface area contributed by atoms with Crippen LogP contribution in [-0.4, -0.2) is 29.4 Å². The molecule has 5 heteroatoms. The van der Waals surface area contributed by atoms with Gasteiger partial charge in [-0.2, -0.15) is 0 Å². The lowest BCUT2D eigenvalue weighted by atomic mass is 9.45. The second-order valence-corrected chi connectivity index (χ2v) is 10.9. The number of rotatable bonds is 3. The van der Waals surface area contributed by atoms with E-state index in [-0.39, 0.29) is 16.7 Å². The van der Waals surface area contributed by atoms with Crippen LogP contribution in [0.3, 0.4) is 0 Å². The van der Waals surface area contributed by atoms with Crippen LogP contribution in [0.15, 0.2) is 5.16 Å². The standard InChI is InChI=1S/C23H36N2O3/c1-21(2,13-24)28-25-14-7-9-22(3)17-8-10-23(4)16(5-6-20(23)27)15(17)12-19(26)18(22)11-14/h15-18H,5-13,24H2,1-4H3/b25-14+/t15-,16-,17-,18+,22+,23-/m0/s1. The smallest absolute Gasteiger partial charge is 0.144 e. The van der Waals surface area contributed by atoms with Crippen LogP contribution in [0.5, 0.6) is 0 Å². The summed E-state index contributed by atoms with van der Waals surface area (Å²) in [5.74, 6) is 2.23. The summed E-state index contributed by atoms with van der Waals surface area (Å²) in [4.78, 5) is 31.5. The van der Waals surface area contributed by atoms with Gasteiger partial charge in [-0.05, 0) is 75.5 Å². The van der Waals surface area contributed by atoms with Gasteiger partial charge < -0.3 is 10.6 Å². The van der Waals surface area contributed by atoms with Gasteiger partial charge in [0.2, 0.25) is 0 Å². The van der Waals surface area contributed by atoms with Crippen LogP contribution < -0.4 is 5.73 Å². The molecule has 0 spiro atoms. The Labute approximate surface area is 168 Å². The molecule has 4 aliphatic rings. The van der Waals surface area contributed by atoms with Crippen LogP contribution in [0.2, 0.25) is 0 Å². The summed E-state index contributed by atoms with van der Waals surface area (Å²) < 4.78 is 0. The van der Waals surface area contributed by atoms with E-state index in [1.807, 2.05) is 13.8 Å². The van der Waals surface area contributed by atoms with Crippen molar-refractivity contribution >= 4 is 17.3 Å². The number of fused-ring (bicyclic) bond motifs is 5. The van der Waals surface area contributed by atoms with Gasteiger partial charge in [-0.15, -0.1) is 0 Å². The molecule has 4 fully saturated rings. The SMILES string of the molecule is CC(C)(CN)O/N=C1\CC[C@@]2(C)[C@H](C1)C(=O)C[C@@H]1[C@@H]2CC[C@]2(C)C(=O)CC[C@@H]12. The van der Waals surface area contributed by atoms with Gasteiger partial charge in [-0.1, -0.05) is 19.0 Å². The summed E-state index contributed by atoms with van der Waals surface area (Å²) in [6, 6.07) is 0. The van der Waals surface area contributed by atoms with E-state index in [9.17, 15) is 9.59 Å². The van der Waals surface area contributed by atoms with Gasteiger partial charge >= 0.3 is 0 Å². The van der Waals surface area contributed by atoms with Gasteiger partial charge in [0.15, 0.2) is 0 Å². The third-order valence-electron chi connectivity index (χ3n) is 8.92. The highest BCUT2D eigenvalue weighted by Gasteiger charge is 2.62. The molecule has 4 rings (SSSR count). The lowest BCUT2D eigenvalue weighted by molar-refractivity contribution is -0.152. The number of hydrogen-bond acceptors (Lipinski definition) is 5. The molecule has 5 nitrogen and oxygen atoms in total. The molecule has 0 saturated heterocycles. The molecule has 0 aromatic rings. The molecule has 156 valence electrons. The number of hydrogen-bond donors (Lipinski definition) is 1. The minimum atomic E-state index is -0.474. The molecule has 0 unspecified atom stereocenters. The molecule has 28 heavy (non-hydrogen) atoms. The Morgan fingerprint density at radius 2 is 1.86 bits per heavy atom. The summed E-state index contributed by atoms with van der Waals surface area (Å²) in [6.45, 7) is 8.79. The molecule has 0 aliphatic heterocycles. The lowest BCUT2D eigenvalue weighted by Gasteiger charge is -2.58. The normalized spacial score (nSPS) is 44.8. The second-order valence-electron chi connectivity index (χ2n) is 10.9. The Morgan fingerprint density at radius 3 is 2.57 bits per heavy atom. The maximum Gasteiger partial charge on any atom is 0.144 e. The first-order chi connectivity index (χ1) is 13.1. The van der Waals surface area contributed by atoms with Crippen molar-refractivity contribution in [3.63, 3.8) is 0 Å². The zero-order valence-corrected chi connectivity index (χ0v) is 17.9. The monoisotopic (exact) mass is 388 g/mol. The van der Waals surface area contributed by atoms with Crippen molar-refractivity contribution in [1.29, 1.82) is 0 Å². The van der Waals surface area contributed by atoms with E-state index in [0.717, 1.165) is 44.2 Å². The van der Waals surface area contributed by atoms with Crippen LogP contribution >= 0.6 is 0 Å². The maximum atomic E-state index is 13.3. The Hall–Kier alpha value is -1.23. The van der Waals surface area contributed by atoms with Gasteiger partial charge in [0.1, 0.15) is 17.2 Å². The number of carbonyl (C=O) groups excluding carboxylic acids is 2. The average Bonchev–Trinajstić information content (AvgIpc) is 2.96. The predicted molar refractivity (Wildman–Crippen MR) is 109 cm³/mol. The number of nitrogens with two attached hydrogens (primary N) is 1. The van der Waals surface area contributed by atoms with Crippen LogP contribution in [0.4, 0.5) is 0 Å². The van der Waals surface area contributed by atoms with Crippen molar-refractivity contribution in [2.45, 2.75) is 84.7 Å². The number of carbonyl (C=O) groups is 2. The molecular weight excluding hydrogens is 352 g/mol. The quantitative estimate of drug-likeness (QED) is 0.744. The third-order valence-corrected chi connectivity index (χ3v) is 8.92. The molecule has 0 aromatic carbocycles.